The van der Waals surface area contributed by atoms with Crippen LogP contribution in [0, 0.1) is 11.3 Å². The molecule has 0 saturated heterocycles. The predicted molar refractivity (Wildman–Crippen MR) is 68.6 cm³/mol. The van der Waals surface area contributed by atoms with Crippen LogP contribution in [0.15, 0.2) is 41.3 Å². The molecule has 5 nitrogen and oxygen atoms in total. The Labute approximate surface area is 111 Å². The molecule has 0 aliphatic heterocycles. The molecule has 0 N–H and O–H groups in total. The van der Waals surface area contributed by atoms with E-state index in [9.17, 15) is 0 Å². The molecule has 0 unspecified atom stereocenters. The van der Waals surface area contributed by atoms with Gasteiger partial charge in [0.2, 0.25) is 0 Å². The number of pyridine rings is 2. The van der Waals surface area contributed by atoms with E-state index in [1.165, 1.54) is 0 Å². The van der Waals surface area contributed by atoms with E-state index in [2.05, 4.69) is 37.1 Å². The number of rotatable bonds is 1. The lowest BCUT2D eigenvalue weighted by Gasteiger charge is -1.93. The van der Waals surface area contributed by atoms with Gasteiger partial charge in [0, 0.05) is 28.6 Å². The summed E-state index contributed by atoms with van der Waals surface area (Å²) in [6, 6.07) is 7.46. The SMILES string of the molecule is N#Cc1cccn2nc(-c3cncc(Br)c3)nc12. The van der Waals surface area contributed by atoms with Crippen molar-refractivity contribution in [2.45, 2.75) is 0 Å². The second-order valence-corrected chi connectivity index (χ2v) is 4.54. The second-order valence-electron chi connectivity index (χ2n) is 3.63. The van der Waals surface area contributed by atoms with Gasteiger partial charge < -0.3 is 0 Å². The first-order valence-corrected chi connectivity index (χ1v) is 5.93. The number of nitriles is 1. The van der Waals surface area contributed by atoms with Crippen LogP contribution in [-0.2, 0) is 0 Å². The molecule has 86 valence electrons. The summed E-state index contributed by atoms with van der Waals surface area (Å²) in [6.45, 7) is 0. The van der Waals surface area contributed by atoms with Crippen molar-refractivity contribution in [1.82, 2.24) is 19.6 Å². The van der Waals surface area contributed by atoms with Gasteiger partial charge in [-0.25, -0.2) is 9.50 Å². The molecular weight excluding hydrogens is 294 g/mol. The van der Waals surface area contributed by atoms with Crippen molar-refractivity contribution in [3.63, 3.8) is 0 Å². The van der Waals surface area contributed by atoms with E-state index >= 15 is 0 Å². The fourth-order valence-corrected chi connectivity index (χ4v) is 2.01. The molecule has 0 spiro atoms. The van der Waals surface area contributed by atoms with E-state index in [1.54, 1.807) is 35.2 Å². The van der Waals surface area contributed by atoms with Crippen molar-refractivity contribution >= 4 is 21.6 Å². The van der Waals surface area contributed by atoms with Crippen LogP contribution in [0.1, 0.15) is 5.56 Å². The molecule has 0 bridgehead atoms. The molecule has 3 aromatic rings. The van der Waals surface area contributed by atoms with E-state index in [0.717, 1.165) is 10.0 Å². The van der Waals surface area contributed by atoms with Crippen molar-refractivity contribution in [2.24, 2.45) is 0 Å². The summed E-state index contributed by atoms with van der Waals surface area (Å²) in [4.78, 5) is 8.44. The molecule has 0 aromatic carbocycles. The topological polar surface area (TPSA) is 66.9 Å². The fourth-order valence-electron chi connectivity index (χ4n) is 1.65. The number of aromatic nitrogens is 4. The normalized spacial score (nSPS) is 10.4. The van der Waals surface area contributed by atoms with Crippen LogP contribution in [0.3, 0.4) is 0 Å². The maximum atomic E-state index is 9.01. The molecular formula is C12H6BrN5. The van der Waals surface area contributed by atoms with Gasteiger partial charge in [-0.2, -0.15) is 5.26 Å². The first-order valence-electron chi connectivity index (χ1n) is 5.14. The first-order chi connectivity index (χ1) is 8.78. The lowest BCUT2D eigenvalue weighted by atomic mass is 10.3. The van der Waals surface area contributed by atoms with Gasteiger partial charge in [-0.3, -0.25) is 4.98 Å². The van der Waals surface area contributed by atoms with Crippen LogP contribution < -0.4 is 0 Å². The molecule has 0 fully saturated rings. The third-order valence-electron chi connectivity index (χ3n) is 2.45. The van der Waals surface area contributed by atoms with E-state index in [1.807, 2.05) is 6.07 Å². The zero-order valence-electron chi connectivity index (χ0n) is 9.08. The Morgan fingerprint density at radius 3 is 3.00 bits per heavy atom. The van der Waals surface area contributed by atoms with Crippen molar-refractivity contribution in [2.75, 3.05) is 0 Å². The standard InChI is InChI=1S/C12H6BrN5/c13-10-4-9(6-15-7-10)11-16-12-8(5-14)2-1-3-18(12)17-11/h1-4,6-7H. The predicted octanol–water partition coefficient (Wildman–Crippen LogP) is 2.43. The fraction of sp³-hybridized carbons (Fsp3) is 0. The maximum absolute atomic E-state index is 9.01. The lowest BCUT2D eigenvalue weighted by Crippen LogP contribution is -1.88. The van der Waals surface area contributed by atoms with Gasteiger partial charge >= 0.3 is 0 Å². The van der Waals surface area contributed by atoms with Crippen LogP contribution in [0.4, 0.5) is 0 Å². The monoisotopic (exact) mass is 299 g/mol. The summed E-state index contributed by atoms with van der Waals surface area (Å²) in [5.41, 5.74) is 1.85. The van der Waals surface area contributed by atoms with Crippen molar-refractivity contribution in [3.8, 4) is 17.5 Å². The zero-order valence-corrected chi connectivity index (χ0v) is 10.7. The highest BCUT2D eigenvalue weighted by atomic mass is 79.9. The summed E-state index contributed by atoms with van der Waals surface area (Å²) < 4.78 is 2.45. The minimum Gasteiger partial charge on any atom is -0.263 e. The highest BCUT2D eigenvalue weighted by molar-refractivity contribution is 9.10. The summed E-state index contributed by atoms with van der Waals surface area (Å²) in [5.74, 6) is 0.548. The lowest BCUT2D eigenvalue weighted by molar-refractivity contribution is 0.963. The largest absolute Gasteiger partial charge is 0.263 e. The average Bonchev–Trinajstić information content (AvgIpc) is 2.82. The molecule has 6 heteroatoms. The average molecular weight is 300 g/mol. The molecule has 0 saturated carbocycles. The third kappa shape index (κ3) is 1.75. The van der Waals surface area contributed by atoms with Crippen LogP contribution in [-0.4, -0.2) is 19.6 Å². The van der Waals surface area contributed by atoms with Gasteiger partial charge in [-0.05, 0) is 34.1 Å². The van der Waals surface area contributed by atoms with E-state index in [4.69, 9.17) is 5.26 Å². The second kappa shape index (κ2) is 4.20. The number of hydrogen-bond donors (Lipinski definition) is 0. The summed E-state index contributed by atoms with van der Waals surface area (Å²) in [6.07, 6.45) is 5.14. The molecule has 0 atom stereocenters. The van der Waals surface area contributed by atoms with Crippen LogP contribution in [0.5, 0.6) is 0 Å². The Kier molecular flexibility index (Phi) is 2.54. The third-order valence-corrected chi connectivity index (χ3v) is 2.88. The summed E-state index contributed by atoms with van der Waals surface area (Å²) in [5, 5.41) is 13.3. The molecule has 3 rings (SSSR count). The Morgan fingerprint density at radius 1 is 1.33 bits per heavy atom. The summed E-state index contributed by atoms with van der Waals surface area (Å²) >= 11 is 3.35. The minimum absolute atomic E-state index is 0.499. The number of halogens is 1. The van der Waals surface area contributed by atoms with E-state index in [0.29, 0.717) is 17.0 Å². The van der Waals surface area contributed by atoms with Crippen molar-refractivity contribution < 1.29 is 0 Å². The van der Waals surface area contributed by atoms with Gasteiger partial charge in [0.1, 0.15) is 6.07 Å². The van der Waals surface area contributed by atoms with Crippen molar-refractivity contribution in [1.29, 1.82) is 5.26 Å². The van der Waals surface area contributed by atoms with Crippen molar-refractivity contribution in [3.05, 3.63) is 46.8 Å². The Hall–Kier alpha value is -2.26. The van der Waals surface area contributed by atoms with Crippen LogP contribution in [0.2, 0.25) is 0 Å². The highest BCUT2D eigenvalue weighted by Crippen LogP contribution is 2.20. The quantitative estimate of drug-likeness (QED) is 0.692. The van der Waals surface area contributed by atoms with Gasteiger partial charge in [0.05, 0.1) is 5.56 Å². The molecule has 3 heterocycles. The number of fused-ring (bicyclic) bond motifs is 1. The van der Waals surface area contributed by atoms with Crippen LogP contribution >= 0.6 is 15.9 Å². The van der Waals surface area contributed by atoms with Gasteiger partial charge in [-0.15, -0.1) is 5.10 Å². The number of hydrogen-bond acceptors (Lipinski definition) is 4. The van der Waals surface area contributed by atoms with Gasteiger partial charge in [-0.1, -0.05) is 0 Å². The Morgan fingerprint density at radius 2 is 2.22 bits per heavy atom. The zero-order chi connectivity index (χ0) is 12.5. The van der Waals surface area contributed by atoms with E-state index in [-0.39, 0.29) is 0 Å². The molecule has 0 aliphatic rings. The molecule has 0 aliphatic carbocycles. The number of nitrogens with zero attached hydrogens (tertiary/aromatic N) is 5. The Balaban J connectivity index is 2.23. The molecule has 0 amide bonds. The molecule has 3 aromatic heterocycles. The first kappa shape index (κ1) is 10.9. The maximum Gasteiger partial charge on any atom is 0.183 e. The molecule has 18 heavy (non-hydrogen) atoms. The summed E-state index contributed by atoms with van der Waals surface area (Å²) in [7, 11) is 0. The minimum atomic E-state index is 0.499. The highest BCUT2D eigenvalue weighted by Gasteiger charge is 2.09. The van der Waals surface area contributed by atoms with Crippen LogP contribution in [0.25, 0.3) is 17.0 Å². The van der Waals surface area contributed by atoms with Gasteiger partial charge in [0.25, 0.3) is 0 Å². The van der Waals surface area contributed by atoms with E-state index < -0.39 is 0 Å². The van der Waals surface area contributed by atoms with Gasteiger partial charge in [0.15, 0.2) is 11.5 Å². The smallest absolute Gasteiger partial charge is 0.183 e. The molecule has 0 radical (unpaired) electrons. The Bertz CT molecular complexity index is 771.